The number of benzene rings is 1. The smallest absolute Gasteiger partial charge is 0.238 e. The van der Waals surface area contributed by atoms with Crippen LogP contribution in [0.4, 0.5) is 5.69 Å². The third-order valence-corrected chi connectivity index (χ3v) is 3.80. The van der Waals surface area contributed by atoms with Gasteiger partial charge in [-0.3, -0.25) is 4.79 Å². The zero-order valence-corrected chi connectivity index (χ0v) is 10.3. The van der Waals surface area contributed by atoms with Gasteiger partial charge in [0.2, 0.25) is 15.9 Å². The van der Waals surface area contributed by atoms with Crippen LogP contribution in [0.15, 0.2) is 23.1 Å². The van der Waals surface area contributed by atoms with E-state index in [2.05, 4.69) is 0 Å². The number of nitrogens with two attached hydrogens (primary N) is 1. The number of hydrogen-bond acceptors (Lipinski definition) is 3. The number of rotatable bonds is 1. The molecule has 1 heterocycles. The van der Waals surface area contributed by atoms with Gasteiger partial charge in [-0.2, -0.15) is 0 Å². The third-order valence-electron chi connectivity index (χ3n) is 2.88. The van der Waals surface area contributed by atoms with Gasteiger partial charge < -0.3 is 4.90 Å². The second kappa shape index (κ2) is 4.12. The first kappa shape index (κ1) is 12.1. The van der Waals surface area contributed by atoms with E-state index in [1.165, 1.54) is 19.1 Å². The summed E-state index contributed by atoms with van der Waals surface area (Å²) < 4.78 is 22.5. The molecule has 17 heavy (non-hydrogen) atoms. The number of primary sulfonamides is 1. The second-order valence-electron chi connectivity index (χ2n) is 4.11. The lowest BCUT2D eigenvalue weighted by Crippen LogP contribution is -2.33. The van der Waals surface area contributed by atoms with Gasteiger partial charge in [0.1, 0.15) is 0 Å². The van der Waals surface area contributed by atoms with E-state index in [0.717, 1.165) is 18.4 Å². The SMILES string of the molecule is CC(=O)N1CCCc2ccc(S(N)(=O)=O)cc21. The Kier molecular flexibility index (Phi) is 2.92. The Morgan fingerprint density at radius 1 is 1.41 bits per heavy atom. The molecule has 92 valence electrons. The monoisotopic (exact) mass is 254 g/mol. The van der Waals surface area contributed by atoms with Crippen molar-refractivity contribution in [3.63, 3.8) is 0 Å². The van der Waals surface area contributed by atoms with Crippen LogP contribution in [0.25, 0.3) is 0 Å². The van der Waals surface area contributed by atoms with Crippen LogP contribution in [0.1, 0.15) is 18.9 Å². The van der Waals surface area contributed by atoms with Gasteiger partial charge in [0.05, 0.1) is 4.90 Å². The summed E-state index contributed by atoms with van der Waals surface area (Å²) in [6, 6.07) is 4.69. The lowest BCUT2D eigenvalue weighted by Gasteiger charge is -2.28. The van der Waals surface area contributed by atoms with Gasteiger partial charge in [0.15, 0.2) is 0 Å². The fourth-order valence-corrected chi connectivity index (χ4v) is 2.59. The first-order valence-electron chi connectivity index (χ1n) is 5.33. The number of fused-ring (bicyclic) bond motifs is 1. The predicted octanol–water partition coefficient (Wildman–Crippen LogP) is 0.633. The van der Waals surface area contributed by atoms with Crippen molar-refractivity contribution in [2.75, 3.05) is 11.4 Å². The molecule has 1 aliphatic rings. The minimum atomic E-state index is -3.72. The molecule has 1 aliphatic heterocycles. The Labute approximate surface area is 100 Å². The summed E-state index contributed by atoms with van der Waals surface area (Å²) >= 11 is 0. The maximum Gasteiger partial charge on any atom is 0.238 e. The first-order valence-corrected chi connectivity index (χ1v) is 6.88. The van der Waals surface area contributed by atoms with Crippen LogP contribution < -0.4 is 10.0 Å². The molecule has 0 aromatic heterocycles. The van der Waals surface area contributed by atoms with Crippen molar-refractivity contribution in [3.8, 4) is 0 Å². The maximum absolute atomic E-state index is 11.5. The highest BCUT2D eigenvalue weighted by molar-refractivity contribution is 7.89. The van der Waals surface area contributed by atoms with Gasteiger partial charge in [-0.1, -0.05) is 6.07 Å². The Morgan fingerprint density at radius 3 is 2.71 bits per heavy atom. The summed E-state index contributed by atoms with van der Waals surface area (Å²) in [6.07, 6.45) is 1.74. The number of amides is 1. The number of nitrogens with zero attached hydrogens (tertiary/aromatic N) is 1. The van der Waals surface area contributed by atoms with E-state index in [9.17, 15) is 13.2 Å². The highest BCUT2D eigenvalue weighted by Crippen LogP contribution is 2.29. The van der Waals surface area contributed by atoms with E-state index >= 15 is 0 Å². The molecular formula is C11H14N2O3S. The summed E-state index contributed by atoms with van der Waals surface area (Å²) in [5.74, 6) is -0.0856. The topological polar surface area (TPSA) is 80.5 Å². The van der Waals surface area contributed by atoms with E-state index in [1.807, 2.05) is 0 Å². The van der Waals surface area contributed by atoms with Gasteiger partial charge in [-0.25, -0.2) is 13.6 Å². The number of hydrogen-bond donors (Lipinski definition) is 1. The molecule has 0 atom stereocenters. The first-order chi connectivity index (χ1) is 7.89. The molecule has 5 nitrogen and oxygen atoms in total. The number of carbonyl (C=O) groups excluding carboxylic acids is 1. The fourth-order valence-electron chi connectivity index (χ4n) is 2.06. The van der Waals surface area contributed by atoms with Crippen LogP contribution in [0.2, 0.25) is 0 Å². The molecule has 0 aliphatic carbocycles. The lowest BCUT2D eigenvalue weighted by molar-refractivity contribution is -0.116. The normalized spacial score (nSPS) is 15.5. The maximum atomic E-state index is 11.5. The Balaban J connectivity index is 2.55. The third kappa shape index (κ3) is 2.32. The summed E-state index contributed by atoms with van der Waals surface area (Å²) in [4.78, 5) is 13.1. The molecule has 2 rings (SSSR count). The number of sulfonamides is 1. The van der Waals surface area contributed by atoms with Crippen LogP contribution in [-0.2, 0) is 21.2 Å². The van der Waals surface area contributed by atoms with Gasteiger partial charge in [-0.05, 0) is 30.5 Å². The minimum absolute atomic E-state index is 0.0457. The fraction of sp³-hybridized carbons (Fsp3) is 0.364. The molecular weight excluding hydrogens is 240 g/mol. The molecule has 0 bridgehead atoms. The second-order valence-corrected chi connectivity index (χ2v) is 5.67. The molecule has 0 unspecified atom stereocenters. The average molecular weight is 254 g/mol. The van der Waals surface area contributed by atoms with E-state index in [1.54, 1.807) is 11.0 Å². The molecule has 0 fully saturated rings. The molecule has 1 amide bonds. The van der Waals surface area contributed by atoms with Gasteiger partial charge in [0.25, 0.3) is 0 Å². The minimum Gasteiger partial charge on any atom is -0.312 e. The summed E-state index contributed by atoms with van der Waals surface area (Å²) in [6.45, 7) is 2.09. The highest BCUT2D eigenvalue weighted by atomic mass is 32.2. The number of carbonyl (C=O) groups is 1. The lowest BCUT2D eigenvalue weighted by atomic mass is 10.0. The molecule has 0 radical (unpaired) electrons. The predicted molar refractivity (Wildman–Crippen MR) is 64.2 cm³/mol. The van der Waals surface area contributed by atoms with Crippen LogP contribution in [0.5, 0.6) is 0 Å². The van der Waals surface area contributed by atoms with Gasteiger partial charge in [0, 0.05) is 19.2 Å². The van der Waals surface area contributed by atoms with Crippen molar-refractivity contribution in [1.82, 2.24) is 0 Å². The average Bonchev–Trinajstić information content (AvgIpc) is 2.26. The van der Waals surface area contributed by atoms with Crippen LogP contribution in [0, 0.1) is 0 Å². The molecule has 0 saturated heterocycles. The number of aryl methyl sites for hydroxylation is 1. The van der Waals surface area contributed by atoms with Crippen molar-refractivity contribution in [2.45, 2.75) is 24.7 Å². The van der Waals surface area contributed by atoms with Crippen LogP contribution in [-0.4, -0.2) is 20.9 Å². The Morgan fingerprint density at radius 2 is 2.12 bits per heavy atom. The zero-order chi connectivity index (χ0) is 12.6. The van der Waals surface area contributed by atoms with Gasteiger partial charge >= 0.3 is 0 Å². The van der Waals surface area contributed by atoms with E-state index in [-0.39, 0.29) is 10.8 Å². The van der Waals surface area contributed by atoms with Gasteiger partial charge in [-0.15, -0.1) is 0 Å². The van der Waals surface area contributed by atoms with Crippen molar-refractivity contribution >= 4 is 21.6 Å². The molecule has 1 aromatic carbocycles. The number of anilines is 1. The molecule has 0 spiro atoms. The van der Waals surface area contributed by atoms with E-state index in [0.29, 0.717) is 12.2 Å². The zero-order valence-electron chi connectivity index (χ0n) is 9.51. The van der Waals surface area contributed by atoms with Crippen molar-refractivity contribution in [1.29, 1.82) is 0 Å². The van der Waals surface area contributed by atoms with Crippen molar-refractivity contribution in [3.05, 3.63) is 23.8 Å². The quantitative estimate of drug-likeness (QED) is 0.798. The molecule has 0 saturated carbocycles. The van der Waals surface area contributed by atoms with Crippen LogP contribution in [0.3, 0.4) is 0 Å². The summed E-state index contributed by atoms with van der Waals surface area (Å²) in [7, 11) is -3.72. The summed E-state index contributed by atoms with van der Waals surface area (Å²) in [5.41, 5.74) is 1.65. The highest BCUT2D eigenvalue weighted by Gasteiger charge is 2.21. The van der Waals surface area contributed by atoms with Crippen molar-refractivity contribution < 1.29 is 13.2 Å². The van der Waals surface area contributed by atoms with E-state index in [4.69, 9.17) is 5.14 Å². The molecule has 1 aromatic rings. The Hall–Kier alpha value is -1.40. The Bertz CT molecular complexity index is 566. The molecule has 2 N–H and O–H groups in total. The van der Waals surface area contributed by atoms with Crippen LogP contribution >= 0.6 is 0 Å². The summed E-state index contributed by atoms with van der Waals surface area (Å²) in [5, 5.41) is 5.08. The molecule has 6 heteroatoms. The van der Waals surface area contributed by atoms with E-state index < -0.39 is 10.0 Å². The largest absolute Gasteiger partial charge is 0.312 e. The standard InChI is InChI=1S/C11H14N2O3S/c1-8(14)13-6-2-3-9-4-5-10(7-11(9)13)17(12,15)16/h4-5,7H,2-3,6H2,1H3,(H2,12,15,16). The van der Waals surface area contributed by atoms with Crippen molar-refractivity contribution in [2.24, 2.45) is 5.14 Å².